The minimum Gasteiger partial charge on any atom is -0.497 e. The lowest BCUT2D eigenvalue weighted by molar-refractivity contribution is -0.123. The lowest BCUT2D eigenvalue weighted by Gasteiger charge is -2.04. The topological polar surface area (TPSA) is 89.0 Å². The first kappa shape index (κ1) is 19.7. The second kappa shape index (κ2) is 10.4. The molecular weight excluding hydrogens is 346 g/mol. The highest BCUT2D eigenvalue weighted by atomic mass is 16.5. The summed E-state index contributed by atoms with van der Waals surface area (Å²) in [6.07, 6.45) is 4.46. The van der Waals surface area contributed by atoms with Crippen LogP contribution in [0.3, 0.4) is 0 Å². The number of nitrogens with one attached hydrogen (secondary N) is 2. The van der Waals surface area contributed by atoms with Crippen molar-refractivity contribution >= 4 is 24.1 Å². The predicted molar refractivity (Wildman–Crippen MR) is 104 cm³/mol. The number of rotatable bonds is 8. The molecule has 2 amide bonds. The number of carbonyl (C=O) groups is 2. The molecule has 0 bridgehead atoms. The summed E-state index contributed by atoms with van der Waals surface area (Å²) in [7, 11) is 3.15. The van der Waals surface area contributed by atoms with Gasteiger partial charge in [-0.2, -0.15) is 5.10 Å². The van der Waals surface area contributed by atoms with Gasteiger partial charge in [-0.05, 0) is 42.0 Å². The summed E-state index contributed by atoms with van der Waals surface area (Å²) >= 11 is 0. The predicted octanol–water partition coefficient (Wildman–Crippen LogP) is 1.98. The van der Waals surface area contributed by atoms with Crippen LogP contribution in [0.1, 0.15) is 11.1 Å². The molecule has 0 spiro atoms. The van der Waals surface area contributed by atoms with E-state index < -0.39 is 11.8 Å². The Morgan fingerprint density at radius 2 is 1.78 bits per heavy atom. The van der Waals surface area contributed by atoms with Crippen LogP contribution >= 0.6 is 0 Å². The molecule has 7 nitrogen and oxygen atoms in total. The van der Waals surface area contributed by atoms with Crippen LogP contribution in [0.4, 0.5) is 0 Å². The highest BCUT2D eigenvalue weighted by molar-refractivity contribution is 5.94. The van der Waals surface area contributed by atoms with Gasteiger partial charge < -0.3 is 14.8 Å². The van der Waals surface area contributed by atoms with Gasteiger partial charge in [0.2, 0.25) is 5.91 Å². The molecule has 0 radical (unpaired) electrons. The number of hydrogen-bond acceptors (Lipinski definition) is 5. The number of para-hydroxylation sites is 1. The van der Waals surface area contributed by atoms with Gasteiger partial charge in [-0.25, -0.2) is 5.43 Å². The maximum Gasteiger partial charge on any atom is 0.259 e. The number of amides is 2. The van der Waals surface area contributed by atoms with E-state index in [0.717, 1.165) is 16.9 Å². The zero-order valence-electron chi connectivity index (χ0n) is 15.1. The van der Waals surface area contributed by atoms with Crippen LogP contribution in [0.2, 0.25) is 0 Å². The van der Waals surface area contributed by atoms with Gasteiger partial charge in [0.05, 0.1) is 27.0 Å². The molecule has 2 aromatic carbocycles. The van der Waals surface area contributed by atoms with Gasteiger partial charge in [-0.3, -0.25) is 9.59 Å². The molecule has 2 N–H and O–H groups in total. The molecule has 0 aliphatic carbocycles. The van der Waals surface area contributed by atoms with Crippen LogP contribution in [0.25, 0.3) is 6.08 Å². The fraction of sp³-hybridized carbons (Fsp3) is 0.150. The fourth-order valence-electron chi connectivity index (χ4n) is 2.10. The van der Waals surface area contributed by atoms with Gasteiger partial charge in [0.1, 0.15) is 11.5 Å². The molecule has 2 rings (SSSR count). The Morgan fingerprint density at radius 1 is 1.04 bits per heavy atom. The molecule has 0 saturated carbocycles. The van der Waals surface area contributed by atoms with E-state index >= 15 is 0 Å². The Labute approximate surface area is 157 Å². The van der Waals surface area contributed by atoms with Crippen LogP contribution in [0.5, 0.6) is 11.5 Å². The first-order valence-electron chi connectivity index (χ1n) is 8.17. The fourth-order valence-corrected chi connectivity index (χ4v) is 2.10. The number of carbonyl (C=O) groups excluding carboxylic acids is 2. The Morgan fingerprint density at radius 3 is 2.48 bits per heavy atom. The van der Waals surface area contributed by atoms with Crippen LogP contribution < -0.4 is 20.2 Å². The van der Waals surface area contributed by atoms with E-state index in [1.807, 2.05) is 18.2 Å². The quantitative estimate of drug-likeness (QED) is 0.424. The van der Waals surface area contributed by atoms with Crippen molar-refractivity contribution in [2.75, 3.05) is 20.8 Å². The minimum atomic E-state index is -0.432. The SMILES string of the molecule is COc1ccc(C=NNC(=O)CNC(=O)C=Cc2ccccc2OC)cc1. The number of hydrogen-bond donors (Lipinski definition) is 2. The van der Waals surface area contributed by atoms with Crippen molar-refractivity contribution < 1.29 is 19.1 Å². The third kappa shape index (κ3) is 6.66. The molecule has 0 saturated heterocycles. The molecule has 140 valence electrons. The smallest absolute Gasteiger partial charge is 0.259 e. The van der Waals surface area contributed by atoms with Gasteiger partial charge in [0, 0.05) is 11.6 Å². The van der Waals surface area contributed by atoms with Gasteiger partial charge >= 0.3 is 0 Å². The van der Waals surface area contributed by atoms with Crippen molar-refractivity contribution in [2.24, 2.45) is 5.10 Å². The third-order valence-electron chi connectivity index (χ3n) is 3.50. The second-order valence-corrected chi connectivity index (χ2v) is 5.36. The zero-order chi connectivity index (χ0) is 19.5. The summed E-state index contributed by atoms with van der Waals surface area (Å²) in [5.41, 5.74) is 3.92. The normalized spacial score (nSPS) is 10.7. The molecule has 0 unspecified atom stereocenters. The molecule has 0 aromatic heterocycles. The monoisotopic (exact) mass is 367 g/mol. The Hall–Kier alpha value is -3.61. The summed E-state index contributed by atoms with van der Waals surface area (Å²) in [6.45, 7) is -0.185. The molecule has 0 aliphatic heterocycles. The largest absolute Gasteiger partial charge is 0.497 e. The van der Waals surface area contributed by atoms with Crippen molar-refractivity contribution in [2.45, 2.75) is 0 Å². The van der Waals surface area contributed by atoms with Crippen molar-refractivity contribution in [1.82, 2.24) is 10.7 Å². The number of hydrazone groups is 1. The van der Waals surface area contributed by atoms with Crippen LogP contribution in [-0.2, 0) is 9.59 Å². The molecule has 0 aliphatic rings. The van der Waals surface area contributed by atoms with Crippen LogP contribution in [-0.4, -0.2) is 38.8 Å². The highest BCUT2D eigenvalue weighted by Gasteiger charge is 2.03. The van der Waals surface area contributed by atoms with E-state index in [2.05, 4.69) is 15.8 Å². The van der Waals surface area contributed by atoms with E-state index in [4.69, 9.17) is 9.47 Å². The van der Waals surface area contributed by atoms with Crippen LogP contribution in [0, 0.1) is 0 Å². The minimum absolute atomic E-state index is 0.185. The summed E-state index contributed by atoms with van der Waals surface area (Å²) in [4.78, 5) is 23.5. The lowest BCUT2D eigenvalue weighted by atomic mass is 10.2. The average molecular weight is 367 g/mol. The molecule has 27 heavy (non-hydrogen) atoms. The number of ether oxygens (including phenoxy) is 2. The first-order valence-corrected chi connectivity index (χ1v) is 8.17. The zero-order valence-corrected chi connectivity index (χ0v) is 15.1. The molecule has 0 atom stereocenters. The summed E-state index contributed by atoms with van der Waals surface area (Å²) in [5.74, 6) is 0.571. The summed E-state index contributed by atoms with van der Waals surface area (Å²) < 4.78 is 10.3. The van der Waals surface area contributed by atoms with E-state index in [9.17, 15) is 9.59 Å². The highest BCUT2D eigenvalue weighted by Crippen LogP contribution is 2.18. The lowest BCUT2D eigenvalue weighted by Crippen LogP contribution is -2.34. The molecule has 7 heteroatoms. The molecule has 0 fully saturated rings. The van der Waals surface area contributed by atoms with E-state index in [1.54, 1.807) is 50.6 Å². The Bertz CT molecular complexity index is 829. The molecule has 2 aromatic rings. The Balaban J connectivity index is 1.76. The third-order valence-corrected chi connectivity index (χ3v) is 3.50. The van der Waals surface area contributed by atoms with E-state index in [1.165, 1.54) is 12.3 Å². The van der Waals surface area contributed by atoms with E-state index in [-0.39, 0.29) is 6.54 Å². The van der Waals surface area contributed by atoms with Crippen molar-refractivity contribution in [3.8, 4) is 11.5 Å². The molecule has 0 heterocycles. The van der Waals surface area contributed by atoms with Gasteiger partial charge in [0.25, 0.3) is 5.91 Å². The maximum atomic E-state index is 11.8. The van der Waals surface area contributed by atoms with Gasteiger partial charge in [-0.15, -0.1) is 0 Å². The van der Waals surface area contributed by atoms with Crippen LogP contribution in [0.15, 0.2) is 59.7 Å². The average Bonchev–Trinajstić information content (AvgIpc) is 2.71. The van der Waals surface area contributed by atoms with E-state index in [0.29, 0.717) is 5.75 Å². The summed E-state index contributed by atoms with van der Waals surface area (Å²) in [5, 5.41) is 6.32. The molecular formula is C20H21N3O4. The van der Waals surface area contributed by atoms with Crippen molar-refractivity contribution in [3.63, 3.8) is 0 Å². The number of benzene rings is 2. The Kier molecular flexibility index (Phi) is 7.59. The second-order valence-electron chi connectivity index (χ2n) is 5.36. The summed E-state index contributed by atoms with van der Waals surface area (Å²) in [6, 6.07) is 14.5. The van der Waals surface area contributed by atoms with Crippen molar-refractivity contribution in [1.29, 1.82) is 0 Å². The van der Waals surface area contributed by atoms with Gasteiger partial charge in [-0.1, -0.05) is 18.2 Å². The maximum absolute atomic E-state index is 11.8. The van der Waals surface area contributed by atoms with Gasteiger partial charge in [0.15, 0.2) is 0 Å². The van der Waals surface area contributed by atoms with Crippen molar-refractivity contribution in [3.05, 3.63) is 65.7 Å². The standard InChI is InChI=1S/C20H21N3O4/c1-26-17-10-7-15(8-11-17)13-22-23-20(25)14-21-19(24)12-9-16-5-3-4-6-18(16)27-2/h3-13H,14H2,1-2H3,(H,21,24)(H,23,25). The first-order chi connectivity index (χ1) is 13.1. The number of nitrogens with zero attached hydrogens (tertiary/aromatic N) is 1. The number of methoxy groups -OCH3 is 2.